The molecule has 106 valence electrons. The minimum absolute atomic E-state index is 0.138. The predicted molar refractivity (Wildman–Crippen MR) is 72.1 cm³/mol. The lowest BCUT2D eigenvalue weighted by molar-refractivity contribution is -0.0627. The zero-order chi connectivity index (χ0) is 14.2. The van der Waals surface area contributed by atoms with E-state index in [0.29, 0.717) is 17.4 Å². The van der Waals surface area contributed by atoms with Gasteiger partial charge in [-0.15, -0.1) is 5.10 Å². The third-order valence-electron chi connectivity index (χ3n) is 3.52. The summed E-state index contributed by atoms with van der Waals surface area (Å²) in [7, 11) is 0. The summed E-state index contributed by atoms with van der Waals surface area (Å²) in [4.78, 5) is 4.46. The Morgan fingerprint density at radius 1 is 1.25 bits per heavy atom. The molecule has 2 aromatic rings. The molecule has 2 aromatic heterocycles. The Labute approximate surface area is 117 Å². The molecule has 0 radical (unpaired) electrons. The van der Waals surface area contributed by atoms with Gasteiger partial charge in [-0.25, -0.2) is 0 Å². The van der Waals surface area contributed by atoms with Gasteiger partial charge in [0.15, 0.2) is 0 Å². The van der Waals surface area contributed by atoms with Gasteiger partial charge >= 0.3 is 0 Å². The first-order chi connectivity index (χ1) is 9.53. The van der Waals surface area contributed by atoms with Gasteiger partial charge in [0.05, 0.1) is 11.3 Å². The quantitative estimate of drug-likeness (QED) is 0.837. The van der Waals surface area contributed by atoms with Gasteiger partial charge in [0, 0.05) is 12.5 Å². The molecule has 1 fully saturated rings. The Balaban J connectivity index is 1.81. The highest BCUT2D eigenvalue weighted by atomic mass is 16.5. The lowest BCUT2D eigenvalue weighted by Gasteiger charge is -2.33. The first-order valence-corrected chi connectivity index (χ1v) is 6.82. The van der Waals surface area contributed by atoms with Crippen LogP contribution in [-0.4, -0.2) is 32.5 Å². The summed E-state index contributed by atoms with van der Waals surface area (Å²) in [6.07, 6.45) is 1.79. The highest BCUT2D eigenvalue weighted by Gasteiger charge is 2.33. The summed E-state index contributed by atoms with van der Waals surface area (Å²) < 4.78 is 11.1. The molecule has 0 saturated carbocycles. The molecule has 0 aliphatic carbocycles. The lowest BCUT2D eigenvalue weighted by atomic mass is 9.88. The van der Waals surface area contributed by atoms with Gasteiger partial charge in [-0.1, -0.05) is 5.16 Å². The maximum atomic E-state index is 5.71. The smallest absolute Gasteiger partial charge is 0.230 e. The monoisotopic (exact) mass is 274 g/mol. The highest BCUT2D eigenvalue weighted by Crippen LogP contribution is 2.35. The Bertz CT molecular complexity index is 591. The zero-order valence-corrected chi connectivity index (χ0v) is 12.0. The van der Waals surface area contributed by atoms with Crippen molar-refractivity contribution in [2.45, 2.75) is 45.1 Å². The van der Waals surface area contributed by atoms with E-state index in [2.05, 4.69) is 34.2 Å². The van der Waals surface area contributed by atoms with Gasteiger partial charge in [0.1, 0.15) is 5.69 Å². The van der Waals surface area contributed by atoms with E-state index in [4.69, 9.17) is 9.26 Å². The van der Waals surface area contributed by atoms with E-state index in [1.54, 1.807) is 0 Å². The molecule has 0 N–H and O–H groups in total. The van der Waals surface area contributed by atoms with E-state index < -0.39 is 0 Å². The van der Waals surface area contributed by atoms with Gasteiger partial charge in [0.2, 0.25) is 11.7 Å². The summed E-state index contributed by atoms with van der Waals surface area (Å²) in [6.45, 7) is 6.78. The number of rotatable bonds is 2. The van der Waals surface area contributed by atoms with Gasteiger partial charge in [0.25, 0.3) is 0 Å². The minimum Gasteiger partial charge on any atom is -0.376 e. The van der Waals surface area contributed by atoms with Crippen molar-refractivity contribution in [3.05, 3.63) is 23.7 Å². The number of ether oxygens (including phenoxy) is 1. The molecule has 0 bridgehead atoms. The molecule has 3 rings (SSSR count). The summed E-state index contributed by atoms with van der Waals surface area (Å²) >= 11 is 0. The second-order valence-corrected chi connectivity index (χ2v) is 5.81. The number of hydrogen-bond acceptors (Lipinski definition) is 6. The fraction of sp³-hybridized carbons (Fsp3) is 0.571. The van der Waals surface area contributed by atoms with Gasteiger partial charge in [-0.05, 0) is 45.7 Å². The van der Waals surface area contributed by atoms with Crippen LogP contribution >= 0.6 is 0 Å². The third-order valence-corrected chi connectivity index (χ3v) is 3.52. The summed E-state index contributed by atoms with van der Waals surface area (Å²) in [5, 5.41) is 12.1. The van der Waals surface area contributed by atoms with Crippen LogP contribution in [0.1, 0.15) is 44.2 Å². The molecule has 0 amide bonds. The van der Waals surface area contributed by atoms with Crippen LogP contribution in [0.4, 0.5) is 0 Å². The molecular weight excluding hydrogens is 256 g/mol. The average molecular weight is 274 g/mol. The summed E-state index contributed by atoms with van der Waals surface area (Å²) in [6, 6.07) is 3.74. The summed E-state index contributed by atoms with van der Waals surface area (Å²) in [5.74, 6) is 1.41. The second kappa shape index (κ2) is 4.94. The van der Waals surface area contributed by atoms with Gasteiger partial charge in [-0.3, -0.25) is 0 Å². The largest absolute Gasteiger partial charge is 0.376 e. The Morgan fingerprint density at radius 3 is 2.80 bits per heavy atom. The minimum atomic E-state index is -0.138. The number of aryl methyl sites for hydroxylation is 1. The van der Waals surface area contributed by atoms with Crippen LogP contribution in [0.2, 0.25) is 0 Å². The number of hydrogen-bond donors (Lipinski definition) is 0. The molecule has 6 heteroatoms. The van der Waals surface area contributed by atoms with Crippen LogP contribution < -0.4 is 0 Å². The fourth-order valence-corrected chi connectivity index (χ4v) is 2.47. The molecule has 3 heterocycles. The number of aromatic nitrogens is 4. The van der Waals surface area contributed by atoms with Crippen LogP contribution in [0.5, 0.6) is 0 Å². The van der Waals surface area contributed by atoms with Crippen molar-refractivity contribution in [2.75, 3.05) is 6.61 Å². The first-order valence-electron chi connectivity index (χ1n) is 6.82. The van der Waals surface area contributed by atoms with Crippen molar-refractivity contribution >= 4 is 0 Å². The first kappa shape index (κ1) is 13.2. The van der Waals surface area contributed by atoms with Crippen molar-refractivity contribution in [2.24, 2.45) is 0 Å². The van der Waals surface area contributed by atoms with E-state index in [-0.39, 0.29) is 11.5 Å². The molecule has 1 aliphatic heterocycles. The number of nitrogens with zero attached hydrogens (tertiary/aromatic N) is 4. The van der Waals surface area contributed by atoms with E-state index in [1.165, 1.54) is 0 Å². The molecule has 1 atom stereocenters. The van der Waals surface area contributed by atoms with Crippen LogP contribution in [0, 0.1) is 6.92 Å². The maximum absolute atomic E-state index is 5.71. The van der Waals surface area contributed by atoms with E-state index in [0.717, 1.165) is 25.1 Å². The topological polar surface area (TPSA) is 73.9 Å². The summed E-state index contributed by atoms with van der Waals surface area (Å²) in [5.41, 5.74) is 1.36. The standard InChI is InChI=1S/C14H18N4O2/c1-9-4-5-11(17-16-9)12-15-13(20-18-12)10-6-7-19-14(2,3)8-10/h4-5,10H,6-8H2,1-3H3. The van der Waals surface area contributed by atoms with E-state index >= 15 is 0 Å². The maximum Gasteiger partial charge on any atom is 0.230 e. The highest BCUT2D eigenvalue weighted by molar-refractivity contribution is 5.46. The van der Waals surface area contributed by atoms with Crippen LogP contribution in [0.15, 0.2) is 16.7 Å². The van der Waals surface area contributed by atoms with E-state index in [9.17, 15) is 0 Å². The molecule has 1 aliphatic rings. The Hall–Kier alpha value is -1.82. The third kappa shape index (κ3) is 2.70. The Kier molecular flexibility index (Phi) is 3.25. The predicted octanol–water partition coefficient (Wildman–Crippen LogP) is 2.51. The van der Waals surface area contributed by atoms with Crippen molar-refractivity contribution < 1.29 is 9.26 Å². The average Bonchev–Trinajstić information content (AvgIpc) is 2.88. The zero-order valence-electron chi connectivity index (χ0n) is 12.0. The van der Waals surface area contributed by atoms with Gasteiger partial charge in [-0.2, -0.15) is 10.1 Å². The van der Waals surface area contributed by atoms with Crippen LogP contribution in [0.25, 0.3) is 11.5 Å². The lowest BCUT2D eigenvalue weighted by Crippen LogP contribution is -2.33. The SMILES string of the molecule is Cc1ccc(-c2noc(C3CCOC(C)(C)C3)n2)nn1. The van der Waals surface area contributed by atoms with Crippen molar-refractivity contribution in [1.29, 1.82) is 0 Å². The Morgan fingerprint density at radius 2 is 2.10 bits per heavy atom. The van der Waals surface area contributed by atoms with Gasteiger partial charge < -0.3 is 9.26 Å². The van der Waals surface area contributed by atoms with Crippen LogP contribution in [-0.2, 0) is 4.74 Å². The van der Waals surface area contributed by atoms with Crippen molar-refractivity contribution in [3.63, 3.8) is 0 Å². The second-order valence-electron chi connectivity index (χ2n) is 5.81. The molecule has 6 nitrogen and oxygen atoms in total. The molecule has 1 unspecified atom stereocenters. The molecule has 0 spiro atoms. The van der Waals surface area contributed by atoms with Crippen molar-refractivity contribution in [1.82, 2.24) is 20.3 Å². The van der Waals surface area contributed by atoms with Crippen LogP contribution in [0.3, 0.4) is 0 Å². The van der Waals surface area contributed by atoms with Crippen molar-refractivity contribution in [3.8, 4) is 11.5 Å². The van der Waals surface area contributed by atoms with E-state index in [1.807, 2.05) is 19.1 Å². The molecule has 0 aromatic carbocycles. The molecule has 1 saturated heterocycles. The normalized spacial score (nSPS) is 21.9. The molecule has 20 heavy (non-hydrogen) atoms. The fourth-order valence-electron chi connectivity index (χ4n) is 2.47. The molecular formula is C14H18N4O2.